The number of nitrogens with zero attached hydrogens (tertiary/aromatic N) is 3. The van der Waals surface area contributed by atoms with E-state index in [-0.39, 0.29) is 6.04 Å². The highest BCUT2D eigenvalue weighted by Crippen LogP contribution is 2.21. The molecular weight excluding hydrogens is 328 g/mol. The zero-order chi connectivity index (χ0) is 18.5. The quantitative estimate of drug-likeness (QED) is 0.842. The molecule has 1 aromatic carbocycles. The van der Waals surface area contributed by atoms with Gasteiger partial charge in [-0.25, -0.2) is 0 Å². The Hall–Kier alpha value is -2.08. The molecule has 2 fully saturated rings. The molecule has 1 atom stereocenters. The number of nitrogens with one attached hydrogen (secondary N) is 1. The molecule has 3 rings (SSSR count). The number of carbonyl (C=O) groups is 2. The molecule has 6 heteroatoms. The molecule has 2 aliphatic rings. The molecule has 0 bridgehead atoms. The van der Waals surface area contributed by atoms with Gasteiger partial charge in [0.05, 0.1) is 0 Å². The van der Waals surface area contributed by atoms with Gasteiger partial charge in [0.2, 0.25) is 0 Å². The molecule has 0 aromatic heterocycles. The van der Waals surface area contributed by atoms with E-state index in [1.54, 1.807) is 4.90 Å². The minimum Gasteiger partial charge on any atom is -0.369 e. The van der Waals surface area contributed by atoms with Gasteiger partial charge in [-0.15, -0.1) is 0 Å². The summed E-state index contributed by atoms with van der Waals surface area (Å²) in [4.78, 5) is 31.3. The second-order valence-corrected chi connectivity index (χ2v) is 7.35. The highest BCUT2D eigenvalue weighted by molar-refractivity contribution is 6.39. The molecule has 0 radical (unpaired) electrons. The molecule has 2 heterocycles. The fourth-order valence-corrected chi connectivity index (χ4v) is 3.83. The first kappa shape index (κ1) is 18.7. The first-order valence-electron chi connectivity index (χ1n) is 9.74. The lowest BCUT2D eigenvalue weighted by molar-refractivity contribution is -0.145. The largest absolute Gasteiger partial charge is 0.369 e. The van der Waals surface area contributed by atoms with Gasteiger partial charge in [0, 0.05) is 50.1 Å². The van der Waals surface area contributed by atoms with Gasteiger partial charge in [-0.2, -0.15) is 0 Å². The molecule has 1 N–H and O–H groups in total. The van der Waals surface area contributed by atoms with Gasteiger partial charge in [-0.3, -0.25) is 9.59 Å². The number of hydrogen-bond donors (Lipinski definition) is 1. The summed E-state index contributed by atoms with van der Waals surface area (Å²) in [5.41, 5.74) is 1.83. The van der Waals surface area contributed by atoms with E-state index in [0.717, 1.165) is 57.5 Å². The Kier molecular flexibility index (Phi) is 6.14. The Morgan fingerprint density at radius 2 is 1.73 bits per heavy atom. The lowest BCUT2D eigenvalue weighted by Crippen LogP contribution is -2.48. The lowest BCUT2D eigenvalue weighted by atomic mass is 10.00. The molecule has 2 saturated heterocycles. The first-order valence-corrected chi connectivity index (χ1v) is 9.74. The normalized spacial score (nSPS) is 21.5. The van der Waals surface area contributed by atoms with Gasteiger partial charge in [0.25, 0.3) is 0 Å². The van der Waals surface area contributed by atoms with Crippen molar-refractivity contribution < 1.29 is 9.59 Å². The summed E-state index contributed by atoms with van der Waals surface area (Å²) in [6, 6.07) is 7.99. The van der Waals surface area contributed by atoms with E-state index >= 15 is 0 Å². The Morgan fingerprint density at radius 3 is 2.38 bits per heavy atom. The third-order valence-corrected chi connectivity index (χ3v) is 5.55. The first-order chi connectivity index (χ1) is 12.6. The van der Waals surface area contributed by atoms with Crippen molar-refractivity contribution in [3.8, 4) is 0 Å². The molecule has 0 aliphatic carbocycles. The average molecular weight is 358 g/mol. The Bertz CT molecular complexity index is 623. The summed E-state index contributed by atoms with van der Waals surface area (Å²) in [6.45, 7) is 6.89. The maximum Gasteiger partial charge on any atom is 0.313 e. The number of rotatable bonds is 3. The van der Waals surface area contributed by atoms with Crippen molar-refractivity contribution in [3.05, 3.63) is 24.3 Å². The van der Waals surface area contributed by atoms with Crippen LogP contribution in [-0.2, 0) is 9.59 Å². The number of piperidine rings is 1. The second-order valence-electron chi connectivity index (χ2n) is 7.35. The highest BCUT2D eigenvalue weighted by Gasteiger charge is 2.29. The molecule has 2 aliphatic heterocycles. The van der Waals surface area contributed by atoms with E-state index in [9.17, 15) is 9.59 Å². The van der Waals surface area contributed by atoms with Crippen molar-refractivity contribution in [2.75, 3.05) is 50.0 Å². The summed E-state index contributed by atoms with van der Waals surface area (Å²) in [7, 11) is 2.14. The van der Waals surface area contributed by atoms with Crippen LogP contribution in [0.4, 0.5) is 11.4 Å². The molecule has 2 amide bonds. The number of likely N-dealkylation sites (N-methyl/N-ethyl adjacent to an activating group) is 1. The number of anilines is 2. The van der Waals surface area contributed by atoms with Gasteiger partial charge in [-0.1, -0.05) is 6.92 Å². The SMILES string of the molecule is CCC1CCCCN1C(=O)C(=O)Nc1ccc(N2CCN(C)CC2)cc1. The van der Waals surface area contributed by atoms with Crippen molar-refractivity contribution in [2.45, 2.75) is 38.6 Å². The highest BCUT2D eigenvalue weighted by atomic mass is 16.2. The molecule has 142 valence electrons. The maximum atomic E-state index is 12.5. The maximum absolute atomic E-state index is 12.5. The number of piperazine rings is 1. The molecular formula is C20H30N4O2. The van der Waals surface area contributed by atoms with E-state index in [1.165, 1.54) is 0 Å². The molecule has 0 saturated carbocycles. The summed E-state index contributed by atoms with van der Waals surface area (Å²) >= 11 is 0. The zero-order valence-electron chi connectivity index (χ0n) is 15.9. The Balaban J connectivity index is 1.58. The minimum absolute atomic E-state index is 0.196. The lowest BCUT2D eigenvalue weighted by Gasteiger charge is -2.34. The summed E-state index contributed by atoms with van der Waals surface area (Å²) in [5.74, 6) is -0.933. The van der Waals surface area contributed by atoms with E-state index in [4.69, 9.17) is 0 Å². The van der Waals surface area contributed by atoms with Crippen molar-refractivity contribution in [1.82, 2.24) is 9.80 Å². The van der Waals surface area contributed by atoms with Crippen molar-refractivity contribution >= 4 is 23.2 Å². The van der Waals surface area contributed by atoms with Crippen molar-refractivity contribution in [1.29, 1.82) is 0 Å². The predicted molar refractivity (Wildman–Crippen MR) is 104 cm³/mol. The fraction of sp³-hybridized carbons (Fsp3) is 0.600. The van der Waals surface area contributed by atoms with Crippen LogP contribution in [0.2, 0.25) is 0 Å². The number of likely N-dealkylation sites (tertiary alicyclic amines) is 1. The standard InChI is InChI=1S/C20H30N4O2/c1-3-17-6-4-5-11-24(17)20(26)19(25)21-16-7-9-18(10-8-16)23-14-12-22(2)13-15-23/h7-10,17H,3-6,11-15H2,1-2H3,(H,21,25). The van der Waals surface area contributed by atoms with Crippen molar-refractivity contribution in [2.24, 2.45) is 0 Å². The number of hydrogen-bond acceptors (Lipinski definition) is 4. The van der Waals surface area contributed by atoms with Gasteiger partial charge in [0.1, 0.15) is 0 Å². The topological polar surface area (TPSA) is 55.9 Å². The van der Waals surface area contributed by atoms with E-state index < -0.39 is 11.8 Å². The molecule has 1 aromatic rings. The molecule has 1 unspecified atom stereocenters. The van der Waals surface area contributed by atoms with Crippen LogP contribution in [0.5, 0.6) is 0 Å². The second kappa shape index (κ2) is 8.54. The minimum atomic E-state index is -0.530. The van der Waals surface area contributed by atoms with E-state index in [0.29, 0.717) is 12.2 Å². The van der Waals surface area contributed by atoms with Gasteiger partial charge in [-0.05, 0) is 57.0 Å². The van der Waals surface area contributed by atoms with E-state index in [1.807, 2.05) is 24.3 Å². The van der Waals surface area contributed by atoms with Crippen LogP contribution in [0, 0.1) is 0 Å². The Labute approximate surface area is 156 Å². The monoisotopic (exact) mass is 358 g/mol. The van der Waals surface area contributed by atoms with E-state index in [2.05, 4.69) is 29.1 Å². The van der Waals surface area contributed by atoms with Gasteiger partial charge >= 0.3 is 11.8 Å². The average Bonchev–Trinajstić information content (AvgIpc) is 2.68. The molecule has 6 nitrogen and oxygen atoms in total. The predicted octanol–water partition coefficient (Wildman–Crippen LogP) is 2.17. The van der Waals surface area contributed by atoms with Crippen LogP contribution in [-0.4, -0.2) is 67.4 Å². The van der Waals surface area contributed by atoms with Crippen LogP contribution < -0.4 is 10.2 Å². The van der Waals surface area contributed by atoms with Crippen LogP contribution in [0.3, 0.4) is 0 Å². The molecule has 0 spiro atoms. The number of benzene rings is 1. The smallest absolute Gasteiger partial charge is 0.313 e. The third kappa shape index (κ3) is 4.36. The van der Waals surface area contributed by atoms with Crippen LogP contribution >= 0.6 is 0 Å². The Morgan fingerprint density at radius 1 is 1.04 bits per heavy atom. The summed E-state index contributed by atoms with van der Waals surface area (Å²) < 4.78 is 0. The number of carbonyl (C=O) groups excluding carboxylic acids is 2. The van der Waals surface area contributed by atoms with Gasteiger partial charge in [0.15, 0.2) is 0 Å². The zero-order valence-corrected chi connectivity index (χ0v) is 15.9. The fourth-order valence-electron chi connectivity index (χ4n) is 3.83. The third-order valence-electron chi connectivity index (χ3n) is 5.55. The van der Waals surface area contributed by atoms with Crippen LogP contribution in [0.1, 0.15) is 32.6 Å². The van der Waals surface area contributed by atoms with Crippen molar-refractivity contribution in [3.63, 3.8) is 0 Å². The van der Waals surface area contributed by atoms with Crippen LogP contribution in [0.25, 0.3) is 0 Å². The number of amides is 2. The summed E-state index contributed by atoms with van der Waals surface area (Å²) in [6.07, 6.45) is 4.01. The van der Waals surface area contributed by atoms with Crippen LogP contribution in [0.15, 0.2) is 24.3 Å². The summed E-state index contributed by atoms with van der Waals surface area (Å²) in [5, 5.41) is 2.76. The van der Waals surface area contributed by atoms with Gasteiger partial charge < -0.3 is 20.0 Å². The molecule has 26 heavy (non-hydrogen) atoms.